The maximum absolute atomic E-state index is 12.3. The van der Waals surface area contributed by atoms with Gasteiger partial charge in [0.15, 0.2) is 11.5 Å². The molecule has 2 rings (SSSR count). The molecule has 2 aromatic carbocycles. The minimum atomic E-state index is -0.354. The van der Waals surface area contributed by atoms with Gasteiger partial charge in [0, 0.05) is 11.3 Å². The molecule has 2 aromatic rings. The molecule has 0 saturated carbocycles. The van der Waals surface area contributed by atoms with Gasteiger partial charge in [-0.25, -0.2) is 0 Å². The van der Waals surface area contributed by atoms with Crippen molar-refractivity contribution in [3.63, 3.8) is 0 Å². The first-order chi connectivity index (χ1) is 12.6. The smallest absolute Gasteiger partial charge is 0.251 e. The number of amides is 2. The molecule has 0 radical (unpaired) electrons. The molecular weight excluding hydrogens is 332 g/mol. The predicted molar refractivity (Wildman–Crippen MR) is 101 cm³/mol. The summed E-state index contributed by atoms with van der Waals surface area (Å²) < 4.78 is 10.7. The molecule has 0 aliphatic carbocycles. The van der Waals surface area contributed by atoms with Crippen molar-refractivity contribution >= 4 is 17.5 Å². The van der Waals surface area contributed by atoms with E-state index in [-0.39, 0.29) is 18.4 Å². The van der Waals surface area contributed by atoms with Gasteiger partial charge < -0.3 is 20.1 Å². The second-order valence-corrected chi connectivity index (χ2v) is 5.54. The summed E-state index contributed by atoms with van der Waals surface area (Å²) in [6.07, 6.45) is 0.814. The molecule has 2 N–H and O–H groups in total. The maximum atomic E-state index is 12.3. The van der Waals surface area contributed by atoms with Gasteiger partial charge in [-0.1, -0.05) is 25.1 Å². The Balaban J connectivity index is 1.97. The number of rotatable bonds is 8. The number of ether oxygens (including phenoxy) is 2. The third-order valence-electron chi connectivity index (χ3n) is 3.81. The third-order valence-corrected chi connectivity index (χ3v) is 3.81. The molecule has 26 heavy (non-hydrogen) atoms. The summed E-state index contributed by atoms with van der Waals surface area (Å²) in [6, 6.07) is 12.5. The van der Waals surface area contributed by atoms with Gasteiger partial charge in [0.25, 0.3) is 5.91 Å². The van der Waals surface area contributed by atoms with E-state index in [1.165, 1.54) is 7.11 Å². The van der Waals surface area contributed by atoms with E-state index in [4.69, 9.17) is 9.47 Å². The van der Waals surface area contributed by atoms with Crippen LogP contribution in [0.1, 0.15) is 29.8 Å². The molecule has 0 atom stereocenters. The van der Waals surface area contributed by atoms with Crippen LogP contribution in [0.4, 0.5) is 5.69 Å². The van der Waals surface area contributed by atoms with E-state index in [2.05, 4.69) is 10.6 Å². The number of anilines is 1. The summed E-state index contributed by atoms with van der Waals surface area (Å²) in [5.41, 5.74) is 2.21. The standard InChI is InChI=1S/C20H24N2O4/c1-4-14-8-6-7-9-16(14)22-19(23)13-21-20(24)15-10-11-17(25-3)18(12-15)26-5-2/h6-12H,4-5,13H2,1-3H3,(H,21,24)(H,22,23). The van der Waals surface area contributed by atoms with Crippen molar-refractivity contribution < 1.29 is 19.1 Å². The van der Waals surface area contributed by atoms with Crippen LogP contribution < -0.4 is 20.1 Å². The van der Waals surface area contributed by atoms with Gasteiger partial charge in [0.05, 0.1) is 20.3 Å². The summed E-state index contributed by atoms with van der Waals surface area (Å²) in [5.74, 6) is 0.409. The Kier molecular flexibility index (Phi) is 7.02. The second kappa shape index (κ2) is 9.46. The van der Waals surface area contributed by atoms with Crippen LogP contribution in [0.25, 0.3) is 0 Å². The number of hydrogen-bond acceptors (Lipinski definition) is 4. The average Bonchev–Trinajstić information content (AvgIpc) is 2.66. The van der Waals surface area contributed by atoms with E-state index in [9.17, 15) is 9.59 Å². The van der Waals surface area contributed by atoms with Gasteiger partial charge >= 0.3 is 0 Å². The largest absolute Gasteiger partial charge is 0.493 e. The number of para-hydroxylation sites is 1. The fourth-order valence-corrected chi connectivity index (χ4v) is 2.49. The summed E-state index contributed by atoms with van der Waals surface area (Å²) in [4.78, 5) is 24.4. The van der Waals surface area contributed by atoms with Crippen LogP contribution in [0, 0.1) is 0 Å². The van der Waals surface area contributed by atoms with Crippen molar-refractivity contribution in [1.29, 1.82) is 0 Å². The van der Waals surface area contributed by atoms with Crippen LogP contribution in [0.3, 0.4) is 0 Å². The van der Waals surface area contributed by atoms with Crippen molar-refractivity contribution in [3.05, 3.63) is 53.6 Å². The quantitative estimate of drug-likeness (QED) is 0.762. The molecule has 6 nitrogen and oxygen atoms in total. The zero-order chi connectivity index (χ0) is 18.9. The van der Waals surface area contributed by atoms with Gasteiger partial charge in [-0.2, -0.15) is 0 Å². The molecular formula is C20H24N2O4. The van der Waals surface area contributed by atoms with E-state index in [1.807, 2.05) is 38.1 Å². The number of hydrogen-bond donors (Lipinski definition) is 2. The molecule has 0 spiro atoms. The Bertz CT molecular complexity index is 774. The minimum absolute atomic E-state index is 0.118. The Morgan fingerprint density at radius 2 is 1.81 bits per heavy atom. The van der Waals surface area contributed by atoms with Crippen LogP contribution in [0.2, 0.25) is 0 Å². The normalized spacial score (nSPS) is 10.1. The summed E-state index contributed by atoms with van der Waals surface area (Å²) in [7, 11) is 1.54. The Morgan fingerprint density at radius 1 is 1.04 bits per heavy atom. The Morgan fingerprint density at radius 3 is 2.50 bits per heavy atom. The first kappa shape index (κ1) is 19.3. The number of methoxy groups -OCH3 is 1. The molecule has 0 fully saturated rings. The monoisotopic (exact) mass is 356 g/mol. The summed E-state index contributed by atoms with van der Waals surface area (Å²) in [5, 5.41) is 5.44. The lowest BCUT2D eigenvalue weighted by atomic mass is 10.1. The average molecular weight is 356 g/mol. The third kappa shape index (κ3) is 4.99. The van der Waals surface area contributed by atoms with Crippen LogP contribution in [0.15, 0.2) is 42.5 Å². The highest BCUT2D eigenvalue weighted by atomic mass is 16.5. The van der Waals surface area contributed by atoms with Gasteiger partial charge in [0.1, 0.15) is 0 Å². The van der Waals surface area contributed by atoms with Crippen molar-refractivity contribution in [2.45, 2.75) is 20.3 Å². The van der Waals surface area contributed by atoms with E-state index >= 15 is 0 Å². The number of benzene rings is 2. The van der Waals surface area contributed by atoms with Crippen molar-refractivity contribution in [3.8, 4) is 11.5 Å². The SMILES string of the molecule is CCOc1cc(C(=O)NCC(=O)Nc2ccccc2CC)ccc1OC. The molecule has 0 aromatic heterocycles. The van der Waals surface area contributed by atoms with Gasteiger partial charge in [-0.3, -0.25) is 9.59 Å². The van der Waals surface area contributed by atoms with E-state index in [1.54, 1.807) is 18.2 Å². The molecule has 0 aliphatic heterocycles. The topological polar surface area (TPSA) is 76.7 Å². The number of aryl methyl sites for hydroxylation is 1. The fourth-order valence-electron chi connectivity index (χ4n) is 2.49. The highest BCUT2D eigenvalue weighted by Crippen LogP contribution is 2.28. The first-order valence-corrected chi connectivity index (χ1v) is 8.55. The first-order valence-electron chi connectivity index (χ1n) is 8.55. The fraction of sp³-hybridized carbons (Fsp3) is 0.300. The van der Waals surface area contributed by atoms with Gasteiger partial charge in [-0.05, 0) is 43.2 Å². The second-order valence-electron chi connectivity index (χ2n) is 5.54. The van der Waals surface area contributed by atoms with Crippen LogP contribution in [0.5, 0.6) is 11.5 Å². The minimum Gasteiger partial charge on any atom is -0.493 e. The molecule has 0 aliphatic rings. The van der Waals surface area contributed by atoms with Gasteiger partial charge in [-0.15, -0.1) is 0 Å². The van der Waals surface area contributed by atoms with E-state index < -0.39 is 0 Å². The molecule has 0 heterocycles. The lowest BCUT2D eigenvalue weighted by molar-refractivity contribution is -0.115. The van der Waals surface area contributed by atoms with Crippen molar-refractivity contribution in [2.24, 2.45) is 0 Å². The molecule has 138 valence electrons. The molecule has 6 heteroatoms. The van der Waals surface area contributed by atoms with E-state index in [0.29, 0.717) is 23.7 Å². The summed E-state index contributed by atoms with van der Waals surface area (Å²) >= 11 is 0. The number of nitrogens with one attached hydrogen (secondary N) is 2. The number of carbonyl (C=O) groups excluding carboxylic acids is 2. The zero-order valence-corrected chi connectivity index (χ0v) is 15.3. The van der Waals surface area contributed by atoms with Crippen molar-refractivity contribution in [2.75, 3.05) is 25.6 Å². The van der Waals surface area contributed by atoms with Crippen LogP contribution in [-0.4, -0.2) is 32.1 Å². The zero-order valence-electron chi connectivity index (χ0n) is 15.3. The molecule has 2 amide bonds. The van der Waals surface area contributed by atoms with Crippen LogP contribution >= 0.6 is 0 Å². The Hall–Kier alpha value is -3.02. The highest BCUT2D eigenvalue weighted by Gasteiger charge is 2.13. The number of carbonyl (C=O) groups is 2. The lowest BCUT2D eigenvalue weighted by Crippen LogP contribution is -2.33. The summed E-state index contributed by atoms with van der Waals surface area (Å²) in [6.45, 7) is 4.21. The van der Waals surface area contributed by atoms with Crippen LogP contribution in [-0.2, 0) is 11.2 Å². The molecule has 0 unspecified atom stereocenters. The Labute approximate surface area is 153 Å². The molecule has 0 bridgehead atoms. The highest BCUT2D eigenvalue weighted by molar-refractivity contribution is 5.99. The van der Waals surface area contributed by atoms with Crippen molar-refractivity contribution in [1.82, 2.24) is 5.32 Å². The molecule has 0 saturated heterocycles. The lowest BCUT2D eigenvalue weighted by Gasteiger charge is -2.12. The van der Waals surface area contributed by atoms with E-state index in [0.717, 1.165) is 17.7 Å². The maximum Gasteiger partial charge on any atom is 0.251 e. The predicted octanol–water partition coefficient (Wildman–Crippen LogP) is 3.02. The van der Waals surface area contributed by atoms with Gasteiger partial charge in [0.2, 0.25) is 5.91 Å².